The first-order valence-electron chi connectivity index (χ1n) is 9.38. The van der Waals surface area contributed by atoms with Crippen LogP contribution in [0, 0.1) is 11.6 Å². The standard InChI is InChI=1S/C21H14BrCl2F2N5O2/c22-14-10-31(9-13-15(23)2-1-3-17(13)25)29-20(14)27-21(32)19-6-7-30(28-19)11-33-12-4-5-18(26)16(24)8-12/h1-8,10H,9,11H2,(H,27,29,32). The molecule has 1 N–H and O–H groups in total. The Morgan fingerprint density at radius 3 is 2.64 bits per heavy atom. The van der Waals surface area contributed by atoms with Gasteiger partial charge < -0.3 is 10.1 Å². The van der Waals surface area contributed by atoms with Crippen molar-refractivity contribution in [1.29, 1.82) is 0 Å². The minimum atomic E-state index is -0.548. The number of nitrogens with zero attached hydrogens (tertiary/aromatic N) is 4. The van der Waals surface area contributed by atoms with Crippen LogP contribution in [0.3, 0.4) is 0 Å². The van der Waals surface area contributed by atoms with E-state index in [0.717, 1.165) is 0 Å². The lowest BCUT2D eigenvalue weighted by atomic mass is 10.2. The number of benzene rings is 2. The fraction of sp³-hybridized carbons (Fsp3) is 0.0952. The third-order valence-corrected chi connectivity index (χ3v) is 5.68. The van der Waals surface area contributed by atoms with Gasteiger partial charge in [-0.05, 0) is 46.3 Å². The Kier molecular flexibility index (Phi) is 6.96. The molecule has 0 atom stereocenters. The highest BCUT2D eigenvalue weighted by Gasteiger charge is 2.16. The number of hydrogen-bond donors (Lipinski definition) is 1. The molecule has 0 aliphatic rings. The van der Waals surface area contributed by atoms with Crippen molar-refractivity contribution in [3.63, 3.8) is 0 Å². The fourth-order valence-corrected chi connectivity index (χ4v) is 3.65. The maximum absolute atomic E-state index is 14.0. The van der Waals surface area contributed by atoms with Gasteiger partial charge in [0.25, 0.3) is 5.91 Å². The first-order chi connectivity index (χ1) is 15.8. The summed E-state index contributed by atoms with van der Waals surface area (Å²) in [4.78, 5) is 12.6. The van der Waals surface area contributed by atoms with Gasteiger partial charge in [0.2, 0.25) is 0 Å². The molecule has 0 saturated carbocycles. The molecule has 1 amide bonds. The zero-order valence-corrected chi connectivity index (χ0v) is 19.7. The van der Waals surface area contributed by atoms with Crippen molar-refractivity contribution in [1.82, 2.24) is 19.6 Å². The Bertz CT molecular complexity index is 1310. The van der Waals surface area contributed by atoms with Crippen LogP contribution in [0.4, 0.5) is 14.6 Å². The van der Waals surface area contributed by atoms with Gasteiger partial charge in [-0.15, -0.1) is 0 Å². The number of ether oxygens (including phenoxy) is 1. The van der Waals surface area contributed by atoms with E-state index in [2.05, 4.69) is 31.4 Å². The summed E-state index contributed by atoms with van der Waals surface area (Å²) in [5.74, 6) is -0.914. The molecule has 0 fully saturated rings. The number of nitrogens with one attached hydrogen (secondary N) is 1. The van der Waals surface area contributed by atoms with Gasteiger partial charge in [0, 0.05) is 29.0 Å². The van der Waals surface area contributed by atoms with Crippen LogP contribution in [-0.2, 0) is 13.3 Å². The third kappa shape index (κ3) is 5.52. The zero-order valence-electron chi connectivity index (χ0n) is 16.6. The molecule has 0 bridgehead atoms. The average molecular weight is 557 g/mol. The van der Waals surface area contributed by atoms with Crippen LogP contribution in [0.15, 0.2) is 59.3 Å². The summed E-state index contributed by atoms with van der Waals surface area (Å²) in [5, 5.41) is 11.3. The number of rotatable bonds is 7. The minimum absolute atomic E-state index is 0.0169. The molecule has 33 heavy (non-hydrogen) atoms. The van der Waals surface area contributed by atoms with Gasteiger partial charge in [-0.3, -0.25) is 9.48 Å². The summed E-state index contributed by atoms with van der Waals surface area (Å²) < 4.78 is 36.1. The maximum atomic E-state index is 14.0. The van der Waals surface area contributed by atoms with E-state index in [1.807, 2.05) is 0 Å². The van der Waals surface area contributed by atoms with Gasteiger partial charge in [0.1, 0.15) is 17.4 Å². The summed E-state index contributed by atoms with van der Waals surface area (Å²) >= 11 is 15.1. The largest absolute Gasteiger partial charge is 0.471 e. The molecule has 4 aromatic rings. The summed E-state index contributed by atoms with van der Waals surface area (Å²) in [7, 11) is 0. The van der Waals surface area contributed by atoms with Crippen molar-refractivity contribution in [3.05, 3.63) is 92.3 Å². The molecule has 2 aromatic heterocycles. The highest BCUT2D eigenvalue weighted by molar-refractivity contribution is 9.10. The Hall–Kier alpha value is -2.95. The molecule has 2 aromatic carbocycles. The Balaban J connectivity index is 1.39. The molecular weight excluding hydrogens is 543 g/mol. The summed E-state index contributed by atoms with van der Waals surface area (Å²) in [5.41, 5.74) is 0.405. The molecule has 170 valence electrons. The van der Waals surface area contributed by atoms with Gasteiger partial charge in [-0.2, -0.15) is 10.2 Å². The number of aromatic nitrogens is 4. The average Bonchev–Trinajstić information content (AvgIpc) is 3.38. The van der Waals surface area contributed by atoms with Crippen LogP contribution >= 0.6 is 39.1 Å². The Morgan fingerprint density at radius 1 is 1.06 bits per heavy atom. The van der Waals surface area contributed by atoms with Crippen molar-refractivity contribution < 1.29 is 18.3 Å². The lowest BCUT2D eigenvalue weighted by Crippen LogP contribution is -2.15. The molecule has 4 rings (SSSR count). The normalized spacial score (nSPS) is 10.9. The van der Waals surface area contributed by atoms with Gasteiger partial charge in [0.05, 0.1) is 16.0 Å². The number of anilines is 1. The van der Waals surface area contributed by atoms with Crippen molar-refractivity contribution in [3.8, 4) is 5.75 Å². The smallest absolute Gasteiger partial charge is 0.277 e. The van der Waals surface area contributed by atoms with Gasteiger partial charge in [-0.25, -0.2) is 13.5 Å². The first-order valence-corrected chi connectivity index (χ1v) is 10.9. The number of carbonyl (C=O) groups excluding carboxylic acids is 1. The second kappa shape index (κ2) is 9.90. The van der Waals surface area contributed by atoms with E-state index in [0.29, 0.717) is 10.2 Å². The van der Waals surface area contributed by atoms with Crippen LogP contribution in [0.5, 0.6) is 5.75 Å². The highest BCUT2D eigenvalue weighted by Crippen LogP contribution is 2.25. The summed E-state index contributed by atoms with van der Waals surface area (Å²) in [6.07, 6.45) is 3.15. The van der Waals surface area contributed by atoms with Crippen LogP contribution in [-0.4, -0.2) is 25.5 Å². The molecule has 0 saturated heterocycles. The van der Waals surface area contributed by atoms with Crippen LogP contribution in [0.25, 0.3) is 0 Å². The van der Waals surface area contributed by atoms with Gasteiger partial charge in [0.15, 0.2) is 18.2 Å². The maximum Gasteiger partial charge on any atom is 0.277 e. The van der Waals surface area contributed by atoms with Crippen LogP contribution in [0.1, 0.15) is 16.1 Å². The SMILES string of the molecule is O=C(Nc1nn(Cc2c(F)cccc2Cl)cc1Br)c1ccn(COc2ccc(F)c(Cl)c2)n1. The van der Waals surface area contributed by atoms with Crippen LogP contribution in [0.2, 0.25) is 10.0 Å². The van der Waals surface area contributed by atoms with Crippen molar-refractivity contribution >= 4 is 50.9 Å². The summed E-state index contributed by atoms with van der Waals surface area (Å²) in [6, 6.07) is 9.89. The Labute approximate surface area is 205 Å². The summed E-state index contributed by atoms with van der Waals surface area (Å²) in [6.45, 7) is 0.0658. The molecule has 12 heteroatoms. The van der Waals surface area contributed by atoms with Crippen molar-refractivity contribution in [2.24, 2.45) is 0 Å². The van der Waals surface area contributed by atoms with Crippen molar-refractivity contribution in [2.45, 2.75) is 13.3 Å². The third-order valence-electron chi connectivity index (χ3n) is 4.46. The first kappa shape index (κ1) is 23.2. The molecule has 2 heterocycles. The second-order valence-electron chi connectivity index (χ2n) is 6.77. The predicted octanol–water partition coefficient (Wildman–Crippen LogP) is 5.76. The monoisotopic (exact) mass is 555 g/mol. The van der Waals surface area contributed by atoms with Crippen molar-refractivity contribution in [2.75, 3.05) is 5.32 Å². The molecular formula is C21H14BrCl2F2N5O2. The Morgan fingerprint density at radius 2 is 1.88 bits per heavy atom. The number of carbonyl (C=O) groups is 1. The minimum Gasteiger partial charge on any atom is -0.471 e. The van der Waals surface area contributed by atoms with E-state index < -0.39 is 17.5 Å². The molecule has 0 spiro atoms. The van der Waals surface area contributed by atoms with E-state index in [9.17, 15) is 13.6 Å². The van der Waals surface area contributed by atoms with E-state index in [4.69, 9.17) is 27.9 Å². The fourth-order valence-electron chi connectivity index (χ4n) is 2.84. The number of hydrogen-bond acceptors (Lipinski definition) is 4. The lowest BCUT2D eigenvalue weighted by Gasteiger charge is -2.07. The van der Waals surface area contributed by atoms with E-state index in [-0.39, 0.29) is 40.4 Å². The lowest BCUT2D eigenvalue weighted by molar-refractivity contribution is 0.101. The van der Waals surface area contributed by atoms with Gasteiger partial charge in [-0.1, -0.05) is 29.3 Å². The number of amides is 1. The second-order valence-corrected chi connectivity index (χ2v) is 8.44. The highest BCUT2D eigenvalue weighted by atomic mass is 79.9. The van der Waals surface area contributed by atoms with Crippen LogP contribution < -0.4 is 10.1 Å². The number of halogens is 5. The topological polar surface area (TPSA) is 74.0 Å². The van der Waals surface area contributed by atoms with E-state index in [1.165, 1.54) is 45.8 Å². The zero-order chi connectivity index (χ0) is 23.5. The molecule has 0 unspecified atom stereocenters. The quantitative estimate of drug-likeness (QED) is 0.314. The molecule has 0 radical (unpaired) electrons. The molecule has 7 nitrogen and oxygen atoms in total. The predicted molar refractivity (Wildman–Crippen MR) is 123 cm³/mol. The molecule has 0 aliphatic heterocycles. The van der Waals surface area contributed by atoms with Gasteiger partial charge >= 0.3 is 0 Å². The van der Waals surface area contributed by atoms with E-state index >= 15 is 0 Å². The van der Waals surface area contributed by atoms with E-state index in [1.54, 1.807) is 18.5 Å². The molecule has 0 aliphatic carbocycles.